The Kier molecular flexibility index (Phi) is 2.18. The van der Waals surface area contributed by atoms with Crippen molar-refractivity contribution in [2.75, 3.05) is 6.61 Å². The lowest BCUT2D eigenvalue weighted by molar-refractivity contribution is -0.128. The molecule has 2 unspecified atom stereocenters. The maximum absolute atomic E-state index is 11.5. The van der Waals surface area contributed by atoms with Crippen LogP contribution in [0.25, 0.3) is 0 Å². The molecule has 0 aromatic rings. The minimum absolute atomic E-state index is 0.0312. The van der Waals surface area contributed by atoms with Crippen molar-refractivity contribution in [3.8, 4) is 0 Å². The highest BCUT2D eigenvalue weighted by Gasteiger charge is 2.61. The van der Waals surface area contributed by atoms with Crippen molar-refractivity contribution in [1.29, 1.82) is 0 Å². The van der Waals surface area contributed by atoms with E-state index in [1.54, 1.807) is 0 Å². The highest BCUT2D eigenvalue weighted by atomic mass is 16.3. The molecule has 7 nitrogen and oxygen atoms in total. The molecule has 2 aliphatic rings. The Morgan fingerprint density at radius 1 is 1.40 bits per heavy atom. The molecule has 0 aromatic heterocycles. The van der Waals surface area contributed by atoms with Crippen LogP contribution in [0.2, 0.25) is 0 Å². The molecule has 1 saturated heterocycles. The Labute approximate surface area is 85.1 Å². The number of hydrogen-bond acceptors (Lipinski definition) is 5. The van der Waals surface area contributed by atoms with Gasteiger partial charge in [-0.15, -0.1) is 0 Å². The molecule has 1 spiro atoms. The molecule has 2 rings (SSSR count). The van der Waals surface area contributed by atoms with E-state index in [9.17, 15) is 19.8 Å². The first-order chi connectivity index (χ1) is 7.01. The summed E-state index contributed by atoms with van der Waals surface area (Å²) in [6.07, 6.45) is -2.57. The van der Waals surface area contributed by atoms with Crippen LogP contribution >= 0.6 is 0 Å². The predicted molar refractivity (Wildman–Crippen MR) is 46.6 cm³/mol. The summed E-state index contributed by atoms with van der Waals surface area (Å²) in [6.45, 7) is -0.344. The minimum atomic E-state index is -1.48. The van der Waals surface area contributed by atoms with Crippen LogP contribution < -0.4 is 10.6 Å². The van der Waals surface area contributed by atoms with Crippen LogP contribution in [0.4, 0.5) is 4.79 Å². The largest absolute Gasteiger partial charge is 0.396 e. The quantitative estimate of drug-likeness (QED) is 0.305. The van der Waals surface area contributed by atoms with Crippen molar-refractivity contribution in [2.45, 2.75) is 24.2 Å². The van der Waals surface area contributed by atoms with Gasteiger partial charge in [0, 0.05) is 12.5 Å². The van der Waals surface area contributed by atoms with Crippen LogP contribution in [-0.4, -0.2) is 51.6 Å². The third-order valence-corrected chi connectivity index (χ3v) is 3.10. The van der Waals surface area contributed by atoms with Crippen LogP contribution in [-0.2, 0) is 4.79 Å². The van der Waals surface area contributed by atoms with Gasteiger partial charge in [-0.2, -0.15) is 0 Å². The highest BCUT2D eigenvalue weighted by Crippen LogP contribution is 2.36. The molecule has 0 bridgehead atoms. The molecule has 1 saturated carbocycles. The zero-order valence-corrected chi connectivity index (χ0v) is 7.80. The van der Waals surface area contributed by atoms with E-state index in [0.29, 0.717) is 0 Å². The average Bonchev–Trinajstić information content (AvgIpc) is 2.60. The van der Waals surface area contributed by atoms with E-state index in [-0.39, 0.29) is 13.0 Å². The number of carbonyl (C=O) groups is 2. The van der Waals surface area contributed by atoms with Crippen LogP contribution in [0.15, 0.2) is 0 Å². The molecular formula is C8H12N2O5. The van der Waals surface area contributed by atoms with Gasteiger partial charge in [0.2, 0.25) is 0 Å². The van der Waals surface area contributed by atoms with Crippen LogP contribution in [0.3, 0.4) is 0 Å². The van der Waals surface area contributed by atoms with E-state index in [1.165, 1.54) is 0 Å². The van der Waals surface area contributed by atoms with Crippen LogP contribution in [0, 0.1) is 5.92 Å². The molecule has 0 aromatic carbocycles. The maximum atomic E-state index is 11.5. The van der Waals surface area contributed by atoms with Crippen LogP contribution in [0.1, 0.15) is 6.42 Å². The molecule has 1 aliphatic heterocycles. The second-order valence-corrected chi connectivity index (χ2v) is 3.96. The van der Waals surface area contributed by atoms with E-state index >= 15 is 0 Å². The summed E-state index contributed by atoms with van der Waals surface area (Å²) in [6, 6.07) is -0.690. The van der Waals surface area contributed by atoms with E-state index < -0.39 is 35.6 Å². The summed E-state index contributed by atoms with van der Waals surface area (Å²) in [5, 5.41) is 32.5. The second kappa shape index (κ2) is 3.16. The number of rotatable bonds is 1. The van der Waals surface area contributed by atoms with Gasteiger partial charge in [-0.3, -0.25) is 10.1 Å². The minimum Gasteiger partial charge on any atom is -0.396 e. The standard InChI is InChI=1S/C8H12N2O5/c11-2-3-1-8(5(13)4(3)12)6(14)9-7(15)10-8/h3-5,11-13H,1-2H2,(H2,9,10,14,15)/t3-,4?,5?,8-/m1/s1. The third-order valence-electron chi connectivity index (χ3n) is 3.10. The summed E-state index contributed by atoms with van der Waals surface area (Å²) in [5.74, 6) is -1.26. The van der Waals surface area contributed by atoms with Gasteiger partial charge in [0.1, 0.15) is 11.6 Å². The lowest BCUT2D eigenvalue weighted by Crippen LogP contribution is -2.55. The summed E-state index contributed by atoms with van der Waals surface area (Å²) < 4.78 is 0. The zero-order valence-electron chi connectivity index (χ0n) is 7.80. The van der Waals surface area contributed by atoms with E-state index in [4.69, 9.17) is 5.11 Å². The molecule has 4 atom stereocenters. The normalized spacial score (nSPS) is 44.6. The number of aliphatic hydroxyl groups is 3. The molecule has 84 valence electrons. The first-order valence-corrected chi connectivity index (χ1v) is 4.62. The Morgan fingerprint density at radius 2 is 2.07 bits per heavy atom. The first kappa shape index (κ1) is 10.3. The molecule has 15 heavy (non-hydrogen) atoms. The number of nitrogens with one attached hydrogen (secondary N) is 2. The average molecular weight is 216 g/mol. The third kappa shape index (κ3) is 1.24. The second-order valence-electron chi connectivity index (χ2n) is 3.96. The fourth-order valence-corrected chi connectivity index (χ4v) is 2.23. The molecule has 2 fully saturated rings. The van der Waals surface area contributed by atoms with Gasteiger partial charge in [-0.05, 0) is 6.42 Å². The SMILES string of the molecule is O=C1NC(=O)[C@]2(C[C@H](CO)C(O)C2O)N1. The predicted octanol–water partition coefficient (Wildman–Crippen LogP) is -2.70. The van der Waals surface area contributed by atoms with Gasteiger partial charge < -0.3 is 20.6 Å². The van der Waals surface area contributed by atoms with E-state index in [1.807, 2.05) is 5.32 Å². The van der Waals surface area contributed by atoms with Gasteiger partial charge in [0.25, 0.3) is 5.91 Å². The number of amides is 3. The van der Waals surface area contributed by atoms with Gasteiger partial charge in [0.05, 0.1) is 6.10 Å². The zero-order chi connectivity index (χ0) is 11.2. The molecule has 1 aliphatic carbocycles. The van der Waals surface area contributed by atoms with Crippen LogP contribution in [0.5, 0.6) is 0 Å². The molecule has 7 heteroatoms. The van der Waals surface area contributed by atoms with E-state index in [2.05, 4.69) is 5.32 Å². The number of urea groups is 1. The van der Waals surface area contributed by atoms with Crippen molar-refractivity contribution >= 4 is 11.9 Å². The fraction of sp³-hybridized carbons (Fsp3) is 0.750. The van der Waals surface area contributed by atoms with Crippen molar-refractivity contribution < 1.29 is 24.9 Å². The molecule has 0 radical (unpaired) electrons. The molecule has 5 N–H and O–H groups in total. The summed E-state index contributed by atoms with van der Waals surface area (Å²) in [4.78, 5) is 22.4. The number of carbonyl (C=O) groups excluding carboxylic acids is 2. The van der Waals surface area contributed by atoms with Gasteiger partial charge in [-0.25, -0.2) is 4.79 Å². The highest BCUT2D eigenvalue weighted by molar-refractivity contribution is 6.07. The monoisotopic (exact) mass is 216 g/mol. The number of imide groups is 1. The van der Waals surface area contributed by atoms with Gasteiger partial charge >= 0.3 is 6.03 Å². The van der Waals surface area contributed by atoms with Crippen molar-refractivity contribution in [3.05, 3.63) is 0 Å². The summed E-state index contributed by atoms with van der Waals surface area (Å²) in [7, 11) is 0. The van der Waals surface area contributed by atoms with Crippen molar-refractivity contribution in [1.82, 2.24) is 10.6 Å². The van der Waals surface area contributed by atoms with Crippen molar-refractivity contribution in [2.24, 2.45) is 5.92 Å². The van der Waals surface area contributed by atoms with Gasteiger partial charge in [-0.1, -0.05) is 0 Å². The lowest BCUT2D eigenvalue weighted by atomic mass is 9.94. The maximum Gasteiger partial charge on any atom is 0.322 e. The fourth-order valence-electron chi connectivity index (χ4n) is 2.23. The number of hydrogen-bond donors (Lipinski definition) is 5. The Hall–Kier alpha value is -1.18. The van der Waals surface area contributed by atoms with Gasteiger partial charge in [0.15, 0.2) is 0 Å². The Morgan fingerprint density at radius 3 is 2.47 bits per heavy atom. The Balaban J connectivity index is 2.30. The Bertz CT molecular complexity index is 320. The molecule has 3 amide bonds. The summed E-state index contributed by atoms with van der Waals surface area (Å²) >= 11 is 0. The molecule has 1 heterocycles. The number of aliphatic hydroxyl groups excluding tert-OH is 3. The smallest absolute Gasteiger partial charge is 0.322 e. The van der Waals surface area contributed by atoms with Crippen molar-refractivity contribution in [3.63, 3.8) is 0 Å². The first-order valence-electron chi connectivity index (χ1n) is 4.62. The summed E-state index contributed by atoms with van der Waals surface area (Å²) in [5.41, 5.74) is -1.48. The van der Waals surface area contributed by atoms with E-state index in [0.717, 1.165) is 0 Å². The molecular weight excluding hydrogens is 204 g/mol. The topological polar surface area (TPSA) is 119 Å². The lowest BCUT2D eigenvalue weighted by Gasteiger charge is -2.24.